The van der Waals surface area contributed by atoms with Gasteiger partial charge in [0.2, 0.25) is 17.7 Å². The van der Waals surface area contributed by atoms with E-state index in [-0.39, 0.29) is 30.3 Å². The molecule has 9 nitrogen and oxygen atoms in total. The van der Waals surface area contributed by atoms with E-state index >= 15 is 0 Å². The number of benzene rings is 1. The minimum absolute atomic E-state index is 0.0395. The number of aryl methyl sites for hydroxylation is 2. The van der Waals surface area contributed by atoms with Gasteiger partial charge in [0.25, 0.3) is 0 Å². The van der Waals surface area contributed by atoms with Gasteiger partial charge >= 0.3 is 6.18 Å². The van der Waals surface area contributed by atoms with E-state index in [4.69, 9.17) is 0 Å². The van der Waals surface area contributed by atoms with Gasteiger partial charge in [0.15, 0.2) is 0 Å². The Hall–Kier alpha value is -3.93. The zero-order valence-electron chi connectivity index (χ0n) is 25.2. The number of aromatic nitrogens is 1. The molecule has 0 aliphatic carbocycles. The fourth-order valence-electron chi connectivity index (χ4n) is 5.86. The predicted octanol–water partition coefficient (Wildman–Crippen LogP) is 4.03. The van der Waals surface area contributed by atoms with Gasteiger partial charge in [-0.15, -0.1) is 0 Å². The number of carbonyl (C=O) groups excluding carboxylic acids is 3. The summed E-state index contributed by atoms with van der Waals surface area (Å²) >= 11 is 0. The average molecular weight is 601 g/mol. The highest BCUT2D eigenvalue weighted by molar-refractivity contribution is 6.09. The summed E-state index contributed by atoms with van der Waals surface area (Å²) in [6.07, 6.45) is -2.18. The number of anilines is 3. The molecule has 2 saturated heterocycles. The number of hydrogen-bond acceptors (Lipinski definition) is 6. The van der Waals surface area contributed by atoms with Crippen LogP contribution < -0.4 is 14.7 Å². The number of alkyl halides is 3. The number of para-hydroxylation sites is 1. The lowest BCUT2D eigenvalue weighted by atomic mass is 10.1. The fraction of sp³-hybridized carbons (Fsp3) is 0.484. The van der Waals surface area contributed by atoms with Crippen LogP contribution in [0.25, 0.3) is 0 Å². The van der Waals surface area contributed by atoms with Crippen LogP contribution in [0.3, 0.4) is 0 Å². The molecule has 3 heterocycles. The minimum atomic E-state index is -4.61. The van der Waals surface area contributed by atoms with Gasteiger partial charge in [-0.3, -0.25) is 24.2 Å². The summed E-state index contributed by atoms with van der Waals surface area (Å²) in [6, 6.07) is 6.43. The minimum Gasteiger partial charge on any atom is -0.373 e. The smallest absolute Gasteiger partial charge is 0.373 e. The Kier molecular flexibility index (Phi) is 9.79. The summed E-state index contributed by atoms with van der Waals surface area (Å²) in [5, 5.41) is 0. The Morgan fingerprint density at radius 3 is 2.47 bits per heavy atom. The summed E-state index contributed by atoms with van der Waals surface area (Å²) in [4.78, 5) is 51.6. The highest BCUT2D eigenvalue weighted by atomic mass is 19.4. The van der Waals surface area contributed by atoms with Crippen molar-refractivity contribution >= 4 is 34.9 Å². The van der Waals surface area contributed by atoms with Gasteiger partial charge in [-0.25, -0.2) is 4.98 Å². The highest BCUT2D eigenvalue weighted by Crippen LogP contribution is 2.36. The topological polar surface area (TPSA) is 80.3 Å². The fourth-order valence-corrected chi connectivity index (χ4v) is 5.86. The summed E-state index contributed by atoms with van der Waals surface area (Å²) in [7, 11) is 3.59. The number of rotatable bonds is 9. The molecule has 232 valence electrons. The van der Waals surface area contributed by atoms with Crippen molar-refractivity contribution in [3.8, 4) is 0 Å². The first kappa shape index (κ1) is 32.0. The van der Waals surface area contributed by atoms with Crippen LogP contribution in [0.4, 0.5) is 30.4 Å². The molecule has 2 aliphatic rings. The van der Waals surface area contributed by atoms with E-state index in [0.29, 0.717) is 25.3 Å². The Labute approximate surface area is 250 Å². The lowest BCUT2D eigenvalue weighted by Crippen LogP contribution is -2.48. The molecule has 1 atom stereocenters. The van der Waals surface area contributed by atoms with E-state index < -0.39 is 29.6 Å². The summed E-state index contributed by atoms with van der Waals surface area (Å²) in [6.45, 7) is 11.5. The summed E-state index contributed by atoms with van der Waals surface area (Å²) < 4.78 is 40.5. The largest absolute Gasteiger partial charge is 0.416 e. The molecule has 2 aliphatic heterocycles. The van der Waals surface area contributed by atoms with Gasteiger partial charge in [0.1, 0.15) is 11.9 Å². The maximum Gasteiger partial charge on any atom is 0.416 e. The van der Waals surface area contributed by atoms with Crippen LogP contribution in [0.1, 0.15) is 36.1 Å². The van der Waals surface area contributed by atoms with Crippen molar-refractivity contribution in [1.82, 2.24) is 14.8 Å². The lowest BCUT2D eigenvalue weighted by molar-refractivity contribution is -0.137. The number of nitrogens with zero attached hydrogens (tertiary/aromatic N) is 6. The number of pyridine rings is 1. The van der Waals surface area contributed by atoms with Crippen LogP contribution in [0.15, 0.2) is 43.0 Å². The molecule has 4 rings (SSSR count). The Balaban J connectivity index is 1.47. The molecule has 3 amide bonds. The Bertz CT molecular complexity index is 1370. The van der Waals surface area contributed by atoms with Crippen LogP contribution in [0.5, 0.6) is 0 Å². The van der Waals surface area contributed by atoms with Gasteiger partial charge in [-0.1, -0.05) is 18.7 Å². The lowest BCUT2D eigenvalue weighted by Gasteiger charge is -2.35. The molecule has 0 spiro atoms. The highest BCUT2D eigenvalue weighted by Gasteiger charge is 2.41. The summed E-state index contributed by atoms with van der Waals surface area (Å²) in [5.74, 6) is -1.04. The quantitative estimate of drug-likeness (QED) is 0.405. The molecule has 0 N–H and O–H groups in total. The van der Waals surface area contributed by atoms with Gasteiger partial charge in [0, 0.05) is 58.9 Å². The van der Waals surface area contributed by atoms with Gasteiger partial charge < -0.3 is 14.7 Å². The third kappa shape index (κ3) is 7.18. The van der Waals surface area contributed by atoms with Gasteiger partial charge in [0.05, 0.1) is 16.9 Å². The zero-order chi connectivity index (χ0) is 31.5. The van der Waals surface area contributed by atoms with E-state index in [1.54, 1.807) is 11.9 Å². The normalized spacial score (nSPS) is 17.7. The van der Waals surface area contributed by atoms with E-state index in [1.165, 1.54) is 17.9 Å². The molecule has 2 aromatic rings. The second-order valence-corrected chi connectivity index (χ2v) is 11.2. The molecule has 1 aromatic heterocycles. The van der Waals surface area contributed by atoms with Crippen molar-refractivity contribution < 1.29 is 27.6 Å². The second-order valence-electron chi connectivity index (χ2n) is 11.2. The van der Waals surface area contributed by atoms with Crippen molar-refractivity contribution in [2.24, 2.45) is 0 Å². The maximum atomic E-state index is 13.9. The van der Waals surface area contributed by atoms with Crippen molar-refractivity contribution in [3.63, 3.8) is 0 Å². The molecule has 1 aromatic carbocycles. The summed E-state index contributed by atoms with van der Waals surface area (Å²) in [5.41, 5.74) is 1.67. The van der Waals surface area contributed by atoms with E-state index in [0.717, 1.165) is 54.3 Å². The van der Waals surface area contributed by atoms with Gasteiger partial charge in [-0.2, -0.15) is 13.2 Å². The first-order valence-electron chi connectivity index (χ1n) is 14.4. The van der Waals surface area contributed by atoms with Crippen molar-refractivity contribution in [2.45, 2.75) is 45.3 Å². The Morgan fingerprint density at radius 1 is 1.12 bits per heavy atom. The van der Waals surface area contributed by atoms with Crippen LogP contribution in [-0.2, 0) is 20.6 Å². The molecular weight excluding hydrogens is 561 g/mol. The first-order chi connectivity index (χ1) is 20.3. The van der Waals surface area contributed by atoms with Crippen LogP contribution in [-0.4, -0.2) is 91.9 Å². The van der Waals surface area contributed by atoms with E-state index in [1.807, 2.05) is 32.2 Å². The second kappa shape index (κ2) is 13.2. The number of piperazine rings is 1. The van der Waals surface area contributed by atoms with Crippen LogP contribution in [0.2, 0.25) is 0 Å². The molecule has 2 fully saturated rings. The van der Waals surface area contributed by atoms with Crippen LogP contribution in [0, 0.1) is 13.8 Å². The maximum absolute atomic E-state index is 13.9. The van der Waals surface area contributed by atoms with E-state index in [9.17, 15) is 27.6 Å². The first-order valence-corrected chi connectivity index (χ1v) is 14.4. The van der Waals surface area contributed by atoms with Crippen molar-refractivity contribution in [2.75, 3.05) is 68.1 Å². The standard InChI is InChI=1S/C31H39F3N6O3/c1-6-27(41)39-17-15-38(16-18-39)14-8-13-36(4)29-21(2)9-7-10-24(29)37(5)30(43)25-11-12-28(42)40(25)26-20-23(31(32,33)34)19-22(3)35-26/h6-7,9-10,19-20,25H,1,8,11-18H2,2-5H3. The SMILES string of the molecule is C=CC(=O)N1CCN(CCCN(C)c2c(C)cccc2N(C)C(=O)C2CCC(=O)N2c2cc(C(F)(F)F)cc(C)n2)CC1. The molecule has 43 heavy (non-hydrogen) atoms. The predicted molar refractivity (Wildman–Crippen MR) is 160 cm³/mol. The number of likely N-dealkylation sites (N-methyl/N-ethyl adjacent to an activating group) is 1. The van der Waals surface area contributed by atoms with Crippen molar-refractivity contribution in [1.29, 1.82) is 0 Å². The molecule has 0 saturated carbocycles. The monoisotopic (exact) mass is 600 g/mol. The third-order valence-corrected chi connectivity index (χ3v) is 8.13. The number of hydrogen-bond donors (Lipinski definition) is 0. The zero-order valence-corrected chi connectivity index (χ0v) is 25.2. The third-order valence-electron chi connectivity index (χ3n) is 8.13. The van der Waals surface area contributed by atoms with Crippen molar-refractivity contribution in [3.05, 3.63) is 59.8 Å². The molecule has 0 radical (unpaired) electrons. The van der Waals surface area contributed by atoms with Crippen LogP contribution >= 0.6 is 0 Å². The molecule has 12 heteroatoms. The number of halogens is 3. The average Bonchev–Trinajstić information content (AvgIpc) is 3.36. The van der Waals surface area contributed by atoms with E-state index in [2.05, 4.69) is 21.4 Å². The molecule has 1 unspecified atom stereocenters. The molecule has 0 bridgehead atoms. The van der Waals surface area contributed by atoms with Gasteiger partial charge in [-0.05, 0) is 63.1 Å². The number of carbonyl (C=O) groups is 3. The molecular formula is C31H39F3N6O3. The number of amides is 3. The Morgan fingerprint density at radius 2 is 1.81 bits per heavy atom.